The summed E-state index contributed by atoms with van der Waals surface area (Å²) in [6.45, 7) is 3.03. The topological polar surface area (TPSA) is 43.1 Å². The van der Waals surface area contributed by atoms with E-state index in [1.165, 1.54) is 38.5 Å². The zero-order chi connectivity index (χ0) is 12.3. The van der Waals surface area contributed by atoms with Gasteiger partial charge in [-0.15, -0.1) is 0 Å². The van der Waals surface area contributed by atoms with Crippen molar-refractivity contribution in [3.63, 3.8) is 0 Å². The smallest absolute Gasteiger partial charge is 0.0390 e. The Labute approximate surface area is 108 Å². The average Bonchev–Trinajstić information content (AvgIpc) is 2.81. The summed E-state index contributed by atoms with van der Waals surface area (Å²) in [5.41, 5.74) is 5.85. The molecule has 0 aliphatic heterocycles. The molecule has 2 aliphatic carbocycles. The van der Waals surface area contributed by atoms with Gasteiger partial charge in [0.1, 0.15) is 0 Å². The van der Waals surface area contributed by atoms with E-state index in [0.717, 1.165) is 30.6 Å². The van der Waals surface area contributed by atoms with Crippen LogP contribution in [0.1, 0.15) is 51.9 Å². The fraction of sp³-hybridized carbons (Fsp3) is 1.00. The SMILES string of the molecule is CC1CCC(CN)C(S(=O)CC2CCCC2)C1. The van der Waals surface area contributed by atoms with Crippen LogP contribution < -0.4 is 5.73 Å². The van der Waals surface area contributed by atoms with Crippen molar-refractivity contribution in [3.05, 3.63) is 0 Å². The summed E-state index contributed by atoms with van der Waals surface area (Å²) in [6, 6.07) is 0. The summed E-state index contributed by atoms with van der Waals surface area (Å²) in [5, 5.41) is 0.393. The van der Waals surface area contributed by atoms with Crippen molar-refractivity contribution in [2.45, 2.75) is 57.1 Å². The Morgan fingerprint density at radius 3 is 2.53 bits per heavy atom. The predicted octanol–water partition coefficient (Wildman–Crippen LogP) is 2.69. The molecule has 2 N–H and O–H groups in total. The molecule has 3 heteroatoms. The lowest BCUT2D eigenvalue weighted by molar-refractivity contribution is 0.301. The lowest BCUT2D eigenvalue weighted by Crippen LogP contribution is -2.38. The van der Waals surface area contributed by atoms with Gasteiger partial charge in [-0.25, -0.2) is 0 Å². The zero-order valence-corrected chi connectivity index (χ0v) is 11.9. The van der Waals surface area contributed by atoms with Crippen molar-refractivity contribution >= 4 is 10.8 Å². The number of hydrogen-bond donors (Lipinski definition) is 1. The molecule has 4 unspecified atom stereocenters. The molecule has 2 nitrogen and oxygen atoms in total. The molecule has 0 radical (unpaired) electrons. The van der Waals surface area contributed by atoms with Gasteiger partial charge in [0, 0.05) is 21.8 Å². The highest BCUT2D eigenvalue weighted by Gasteiger charge is 2.33. The highest BCUT2D eigenvalue weighted by Crippen LogP contribution is 2.34. The first kappa shape index (κ1) is 13.5. The molecule has 0 aromatic carbocycles. The monoisotopic (exact) mass is 257 g/mol. The van der Waals surface area contributed by atoms with Crippen LogP contribution in [0.2, 0.25) is 0 Å². The molecule has 0 spiro atoms. The predicted molar refractivity (Wildman–Crippen MR) is 74.3 cm³/mol. The van der Waals surface area contributed by atoms with Gasteiger partial charge in [-0.1, -0.05) is 26.2 Å². The van der Waals surface area contributed by atoms with Gasteiger partial charge in [0.05, 0.1) is 0 Å². The highest BCUT2D eigenvalue weighted by atomic mass is 32.2. The van der Waals surface area contributed by atoms with Crippen molar-refractivity contribution in [3.8, 4) is 0 Å². The highest BCUT2D eigenvalue weighted by molar-refractivity contribution is 7.85. The van der Waals surface area contributed by atoms with Gasteiger partial charge < -0.3 is 5.73 Å². The van der Waals surface area contributed by atoms with Crippen LogP contribution in [0.3, 0.4) is 0 Å². The minimum atomic E-state index is -0.627. The van der Waals surface area contributed by atoms with Gasteiger partial charge in [-0.2, -0.15) is 0 Å². The van der Waals surface area contributed by atoms with E-state index in [-0.39, 0.29) is 0 Å². The van der Waals surface area contributed by atoms with Gasteiger partial charge in [-0.3, -0.25) is 4.21 Å². The van der Waals surface area contributed by atoms with Crippen LogP contribution in [0.25, 0.3) is 0 Å². The first-order chi connectivity index (χ1) is 8.20. The summed E-state index contributed by atoms with van der Waals surface area (Å²) in [7, 11) is -0.627. The van der Waals surface area contributed by atoms with Crippen LogP contribution >= 0.6 is 0 Å². The Kier molecular flexibility index (Phi) is 5.04. The van der Waals surface area contributed by atoms with Crippen LogP contribution in [0, 0.1) is 17.8 Å². The van der Waals surface area contributed by atoms with Crippen molar-refractivity contribution in [2.75, 3.05) is 12.3 Å². The third kappa shape index (κ3) is 3.54. The Bertz CT molecular complexity index is 263. The first-order valence-corrected chi connectivity index (χ1v) is 8.66. The molecule has 0 amide bonds. The lowest BCUT2D eigenvalue weighted by atomic mass is 9.82. The summed E-state index contributed by atoms with van der Waals surface area (Å²) in [4.78, 5) is 0. The van der Waals surface area contributed by atoms with Crippen molar-refractivity contribution < 1.29 is 4.21 Å². The van der Waals surface area contributed by atoms with Crippen LogP contribution in [0.5, 0.6) is 0 Å². The molecular weight excluding hydrogens is 230 g/mol. The van der Waals surface area contributed by atoms with E-state index in [1.807, 2.05) is 0 Å². The van der Waals surface area contributed by atoms with Crippen LogP contribution in [-0.4, -0.2) is 21.8 Å². The standard InChI is InChI=1S/C14H27NOS/c1-11-6-7-13(9-15)14(8-11)17(16)10-12-4-2-3-5-12/h11-14H,2-10,15H2,1H3. The largest absolute Gasteiger partial charge is 0.330 e. The Hall–Kier alpha value is 0.110. The van der Waals surface area contributed by atoms with Crippen molar-refractivity contribution in [2.24, 2.45) is 23.5 Å². The quantitative estimate of drug-likeness (QED) is 0.841. The Balaban J connectivity index is 1.90. The molecule has 0 bridgehead atoms. The van der Waals surface area contributed by atoms with Gasteiger partial charge in [0.25, 0.3) is 0 Å². The third-order valence-corrected chi connectivity index (χ3v) is 6.76. The van der Waals surface area contributed by atoms with E-state index in [2.05, 4.69) is 6.92 Å². The van der Waals surface area contributed by atoms with E-state index >= 15 is 0 Å². The van der Waals surface area contributed by atoms with Gasteiger partial charge in [0.15, 0.2) is 0 Å². The van der Waals surface area contributed by atoms with E-state index in [4.69, 9.17) is 5.73 Å². The van der Waals surface area contributed by atoms with Gasteiger partial charge in [-0.05, 0) is 50.0 Å². The second-order valence-corrected chi connectivity index (χ2v) is 7.85. The maximum Gasteiger partial charge on any atom is 0.0390 e. The Morgan fingerprint density at radius 2 is 1.88 bits per heavy atom. The minimum Gasteiger partial charge on any atom is -0.330 e. The Morgan fingerprint density at radius 1 is 1.18 bits per heavy atom. The van der Waals surface area contributed by atoms with E-state index in [9.17, 15) is 4.21 Å². The van der Waals surface area contributed by atoms with E-state index in [1.54, 1.807) is 0 Å². The lowest BCUT2D eigenvalue weighted by Gasteiger charge is -2.34. The van der Waals surface area contributed by atoms with E-state index < -0.39 is 10.8 Å². The maximum atomic E-state index is 12.5. The second kappa shape index (κ2) is 6.33. The summed E-state index contributed by atoms with van der Waals surface area (Å²) in [5.74, 6) is 2.96. The van der Waals surface area contributed by atoms with E-state index in [0.29, 0.717) is 11.2 Å². The molecule has 2 fully saturated rings. The zero-order valence-electron chi connectivity index (χ0n) is 11.1. The van der Waals surface area contributed by atoms with Crippen LogP contribution in [0.4, 0.5) is 0 Å². The summed E-state index contributed by atoms with van der Waals surface area (Å²) in [6.07, 6.45) is 8.92. The maximum absolute atomic E-state index is 12.5. The molecule has 0 aromatic heterocycles. The van der Waals surface area contributed by atoms with Gasteiger partial charge in [0.2, 0.25) is 0 Å². The molecule has 0 heterocycles. The average molecular weight is 257 g/mol. The summed E-state index contributed by atoms with van der Waals surface area (Å²) >= 11 is 0. The molecule has 2 saturated carbocycles. The molecule has 2 rings (SSSR count). The molecule has 0 aromatic rings. The van der Waals surface area contributed by atoms with Crippen LogP contribution in [-0.2, 0) is 10.8 Å². The molecule has 100 valence electrons. The van der Waals surface area contributed by atoms with Crippen molar-refractivity contribution in [1.29, 1.82) is 0 Å². The molecule has 0 saturated heterocycles. The molecule has 4 atom stereocenters. The number of rotatable bonds is 4. The molecule has 2 aliphatic rings. The number of hydrogen-bond acceptors (Lipinski definition) is 2. The summed E-state index contributed by atoms with van der Waals surface area (Å²) < 4.78 is 12.5. The van der Waals surface area contributed by atoms with Gasteiger partial charge >= 0.3 is 0 Å². The minimum absolute atomic E-state index is 0.393. The second-order valence-electron chi connectivity index (χ2n) is 6.15. The third-order valence-electron chi connectivity index (χ3n) is 4.71. The molecular formula is C14H27NOS. The molecule has 17 heavy (non-hydrogen) atoms. The fourth-order valence-electron chi connectivity index (χ4n) is 3.52. The number of nitrogens with two attached hydrogens (primary N) is 1. The normalized spacial score (nSPS) is 37.2. The first-order valence-electron chi connectivity index (χ1n) is 7.28. The van der Waals surface area contributed by atoms with Crippen molar-refractivity contribution in [1.82, 2.24) is 0 Å². The van der Waals surface area contributed by atoms with Crippen LogP contribution in [0.15, 0.2) is 0 Å². The fourth-order valence-corrected chi connectivity index (χ4v) is 5.78.